The Labute approximate surface area is 116 Å². The smallest absolute Gasteiger partial charge is 0.0314 e. The molecule has 2 nitrogen and oxygen atoms in total. The van der Waals surface area contributed by atoms with E-state index in [1.165, 1.54) is 46.6 Å². The van der Waals surface area contributed by atoms with Gasteiger partial charge in [0.15, 0.2) is 0 Å². The second-order valence-electron chi connectivity index (χ2n) is 5.14. The van der Waals surface area contributed by atoms with E-state index in [0.29, 0.717) is 0 Å². The molecule has 1 aromatic rings. The highest BCUT2D eigenvalue weighted by Crippen LogP contribution is 2.29. The summed E-state index contributed by atoms with van der Waals surface area (Å²) in [5.74, 6) is 0. The van der Waals surface area contributed by atoms with Crippen molar-refractivity contribution in [3.05, 3.63) is 20.3 Å². The predicted molar refractivity (Wildman–Crippen MR) is 76.6 cm³/mol. The summed E-state index contributed by atoms with van der Waals surface area (Å²) < 4.78 is 1.26. The molecule has 2 unspecified atom stereocenters. The molecule has 0 amide bonds. The van der Waals surface area contributed by atoms with Crippen LogP contribution in [0, 0.1) is 6.92 Å². The van der Waals surface area contributed by atoms with E-state index in [0.717, 1.165) is 18.6 Å². The fraction of sp³-hybridized carbons (Fsp3) is 0.692. The van der Waals surface area contributed by atoms with Crippen LogP contribution in [0.15, 0.2) is 10.5 Å². The van der Waals surface area contributed by atoms with E-state index in [1.54, 1.807) is 0 Å². The molecular formula is C13H19BrN2S. The number of halogens is 1. The number of nitrogens with zero attached hydrogens (tertiary/aromatic N) is 1. The van der Waals surface area contributed by atoms with Gasteiger partial charge < -0.3 is 5.32 Å². The van der Waals surface area contributed by atoms with Crippen LogP contribution in [0.5, 0.6) is 0 Å². The summed E-state index contributed by atoms with van der Waals surface area (Å²) in [5.41, 5.74) is 0. The molecule has 0 aliphatic carbocycles. The second-order valence-corrected chi connectivity index (χ2v) is 7.33. The molecule has 94 valence electrons. The minimum atomic E-state index is 0.721. The molecule has 2 aliphatic rings. The van der Waals surface area contributed by atoms with Gasteiger partial charge in [0.25, 0.3) is 0 Å². The molecule has 3 rings (SSSR count). The third-order valence-electron chi connectivity index (χ3n) is 4.05. The standard InChI is InChI=1S/C13H19BrN2S/c1-9-11(14)7-10(17-9)8-15-12-4-6-16-5-2-3-13(12)16/h7,12-13,15H,2-6,8H2,1H3. The van der Waals surface area contributed by atoms with Crippen molar-refractivity contribution >= 4 is 27.3 Å². The molecule has 0 saturated carbocycles. The SMILES string of the molecule is Cc1sc(CNC2CCN3CCCC23)cc1Br. The van der Waals surface area contributed by atoms with Crippen molar-refractivity contribution in [2.24, 2.45) is 0 Å². The third kappa shape index (κ3) is 2.46. The average molecular weight is 315 g/mol. The monoisotopic (exact) mass is 314 g/mol. The predicted octanol–water partition coefficient (Wildman–Crippen LogP) is 3.15. The molecule has 1 aromatic heterocycles. The van der Waals surface area contributed by atoms with Gasteiger partial charge in [0.1, 0.15) is 0 Å². The van der Waals surface area contributed by atoms with Gasteiger partial charge in [-0.15, -0.1) is 11.3 Å². The lowest BCUT2D eigenvalue weighted by atomic mass is 10.1. The number of fused-ring (bicyclic) bond motifs is 1. The van der Waals surface area contributed by atoms with E-state index in [2.05, 4.69) is 39.1 Å². The maximum Gasteiger partial charge on any atom is 0.0314 e. The molecule has 2 fully saturated rings. The van der Waals surface area contributed by atoms with Gasteiger partial charge in [0.05, 0.1) is 0 Å². The molecule has 0 radical (unpaired) electrons. The van der Waals surface area contributed by atoms with Crippen LogP contribution in [0.4, 0.5) is 0 Å². The molecule has 0 spiro atoms. The van der Waals surface area contributed by atoms with Crippen LogP contribution >= 0.6 is 27.3 Å². The summed E-state index contributed by atoms with van der Waals surface area (Å²) in [4.78, 5) is 5.49. The number of thiophene rings is 1. The van der Waals surface area contributed by atoms with Gasteiger partial charge in [-0.3, -0.25) is 4.90 Å². The zero-order valence-electron chi connectivity index (χ0n) is 10.2. The summed E-state index contributed by atoms with van der Waals surface area (Å²) in [5, 5.41) is 3.76. The zero-order chi connectivity index (χ0) is 11.8. The van der Waals surface area contributed by atoms with Gasteiger partial charge >= 0.3 is 0 Å². The third-order valence-corrected chi connectivity index (χ3v) is 6.19. The summed E-state index contributed by atoms with van der Waals surface area (Å²) >= 11 is 5.49. The Morgan fingerprint density at radius 2 is 2.35 bits per heavy atom. The van der Waals surface area contributed by atoms with Crippen LogP contribution in [0.1, 0.15) is 29.0 Å². The summed E-state index contributed by atoms with van der Waals surface area (Å²) in [6, 6.07) is 3.80. The van der Waals surface area contributed by atoms with Crippen molar-refractivity contribution in [3.8, 4) is 0 Å². The van der Waals surface area contributed by atoms with Gasteiger partial charge in [0.2, 0.25) is 0 Å². The molecule has 17 heavy (non-hydrogen) atoms. The molecule has 3 heterocycles. The Morgan fingerprint density at radius 1 is 1.47 bits per heavy atom. The van der Waals surface area contributed by atoms with Crippen molar-refractivity contribution in [2.75, 3.05) is 13.1 Å². The molecule has 0 aromatic carbocycles. The van der Waals surface area contributed by atoms with Gasteiger partial charge in [-0.25, -0.2) is 0 Å². The van der Waals surface area contributed by atoms with Crippen molar-refractivity contribution in [2.45, 2.75) is 44.8 Å². The molecule has 0 bridgehead atoms. The molecular weight excluding hydrogens is 296 g/mol. The lowest BCUT2D eigenvalue weighted by molar-refractivity contribution is 0.299. The first-order valence-corrected chi connectivity index (χ1v) is 8.07. The van der Waals surface area contributed by atoms with E-state index < -0.39 is 0 Å². The number of hydrogen-bond donors (Lipinski definition) is 1. The quantitative estimate of drug-likeness (QED) is 0.922. The first-order valence-electron chi connectivity index (χ1n) is 6.46. The van der Waals surface area contributed by atoms with E-state index in [4.69, 9.17) is 0 Å². The molecule has 4 heteroatoms. The van der Waals surface area contributed by atoms with Crippen molar-refractivity contribution in [1.29, 1.82) is 0 Å². The first kappa shape index (κ1) is 12.2. The van der Waals surface area contributed by atoms with Crippen molar-refractivity contribution in [1.82, 2.24) is 10.2 Å². The molecule has 2 aliphatic heterocycles. The number of hydrogen-bond acceptors (Lipinski definition) is 3. The molecule has 2 atom stereocenters. The summed E-state index contributed by atoms with van der Waals surface area (Å²) in [7, 11) is 0. The van der Waals surface area contributed by atoms with Crippen molar-refractivity contribution in [3.63, 3.8) is 0 Å². The van der Waals surface area contributed by atoms with Crippen LogP contribution in [0.3, 0.4) is 0 Å². The molecule has 1 N–H and O–H groups in total. The maximum absolute atomic E-state index is 3.76. The normalized spacial score (nSPS) is 28.8. The summed E-state index contributed by atoms with van der Waals surface area (Å²) in [6.07, 6.45) is 4.12. The Kier molecular flexibility index (Phi) is 3.57. The zero-order valence-corrected chi connectivity index (χ0v) is 12.6. The number of aryl methyl sites for hydroxylation is 1. The van der Waals surface area contributed by atoms with Gasteiger partial charge in [-0.1, -0.05) is 0 Å². The Morgan fingerprint density at radius 3 is 3.12 bits per heavy atom. The fourth-order valence-corrected chi connectivity index (χ4v) is 4.71. The lowest BCUT2D eigenvalue weighted by Gasteiger charge is -2.20. The van der Waals surface area contributed by atoms with Gasteiger partial charge in [0, 0.05) is 39.4 Å². The van der Waals surface area contributed by atoms with Crippen LogP contribution in [0.25, 0.3) is 0 Å². The average Bonchev–Trinajstić information content (AvgIpc) is 2.94. The van der Waals surface area contributed by atoms with Crippen LogP contribution in [-0.4, -0.2) is 30.1 Å². The van der Waals surface area contributed by atoms with Crippen molar-refractivity contribution < 1.29 is 0 Å². The van der Waals surface area contributed by atoms with Crippen LogP contribution in [0.2, 0.25) is 0 Å². The first-order chi connectivity index (χ1) is 8.24. The highest BCUT2D eigenvalue weighted by molar-refractivity contribution is 9.10. The lowest BCUT2D eigenvalue weighted by Crippen LogP contribution is -2.38. The van der Waals surface area contributed by atoms with Gasteiger partial charge in [-0.2, -0.15) is 0 Å². The topological polar surface area (TPSA) is 15.3 Å². The fourth-order valence-electron chi connectivity index (χ4n) is 3.16. The minimum absolute atomic E-state index is 0.721. The summed E-state index contributed by atoms with van der Waals surface area (Å²) in [6.45, 7) is 5.83. The van der Waals surface area contributed by atoms with Crippen LogP contribution in [-0.2, 0) is 6.54 Å². The minimum Gasteiger partial charge on any atom is -0.307 e. The second kappa shape index (κ2) is 5.00. The number of nitrogens with one attached hydrogen (secondary N) is 1. The highest BCUT2D eigenvalue weighted by atomic mass is 79.9. The number of rotatable bonds is 3. The largest absolute Gasteiger partial charge is 0.307 e. The van der Waals surface area contributed by atoms with E-state index >= 15 is 0 Å². The van der Waals surface area contributed by atoms with Crippen LogP contribution < -0.4 is 5.32 Å². The Hall–Kier alpha value is 0.100. The van der Waals surface area contributed by atoms with E-state index in [-0.39, 0.29) is 0 Å². The maximum atomic E-state index is 3.76. The Balaban J connectivity index is 1.57. The molecule has 2 saturated heterocycles. The van der Waals surface area contributed by atoms with E-state index in [1.807, 2.05) is 11.3 Å². The highest BCUT2D eigenvalue weighted by Gasteiger charge is 2.36. The van der Waals surface area contributed by atoms with Gasteiger partial charge in [-0.05, 0) is 54.7 Å². The van der Waals surface area contributed by atoms with E-state index in [9.17, 15) is 0 Å². The Bertz CT molecular complexity index is 385.